The number of β-lactam (4-membered cyclic amide) rings is 1. The molecule has 2 rings (SSSR count). The van der Waals surface area contributed by atoms with Crippen LogP contribution in [0.5, 0.6) is 0 Å². The van der Waals surface area contributed by atoms with Gasteiger partial charge in [0.05, 0.1) is 11.3 Å². The van der Waals surface area contributed by atoms with E-state index < -0.39 is 0 Å². The SMILES string of the molecule is CS[C@@H]1[C@H](C)C(=O)N1CC(=O)NCCCCCCc1ccccc1. The van der Waals surface area contributed by atoms with E-state index in [-0.39, 0.29) is 29.7 Å². The molecule has 4 nitrogen and oxygen atoms in total. The highest BCUT2D eigenvalue weighted by molar-refractivity contribution is 7.99. The Labute approximate surface area is 149 Å². The Morgan fingerprint density at radius 3 is 2.58 bits per heavy atom. The average molecular weight is 349 g/mol. The average Bonchev–Trinajstić information content (AvgIpc) is 2.61. The fraction of sp³-hybridized carbons (Fsp3) is 0.579. The summed E-state index contributed by atoms with van der Waals surface area (Å²) in [5, 5.41) is 3.08. The van der Waals surface area contributed by atoms with Crippen LogP contribution >= 0.6 is 11.8 Å². The van der Waals surface area contributed by atoms with Crippen molar-refractivity contribution >= 4 is 23.6 Å². The Hall–Kier alpha value is -1.49. The number of nitrogens with zero attached hydrogens (tertiary/aromatic N) is 1. The Kier molecular flexibility index (Phi) is 7.63. The normalized spacial score (nSPS) is 19.9. The van der Waals surface area contributed by atoms with Gasteiger partial charge in [-0.3, -0.25) is 9.59 Å². The van der Waals surface area contributed by atoms with Gasteiger partial charge in [0, 0.05) is 6.54 Å². The van der Waals surface area contributed by atoms with Gasteiger partial charge in [-0.05, 0) is 31.1 Å². The second-order valence-corrected chi connectivity index (χ2v) is 7.34. The molecule has 1 aliphatic rings. The van der Waals surface area contributed by atoms with Crippen molar-refractivity contribution in [3.8, 4) is 0 Å². The predicted octanol–water partition coefficient (Wildman–Crippen LogP) is 3.07. The van der Waals surface area contributed by atoms with Crippen molar-refractivity contribution in [3.63, 3.8) is 0 Å². The molecule has 0 aromatic heterocycles. The number of thioether (sulfide) groups is 1. The molecule has 0 radical (unpaired) electrons. The summed E-state index contributed by atoms with van der Waals surface area (Å²) in [5.74, 6) is 0.0846. The van der Waals surface area contributed by atoms with Crippen molar-refractivity contribution in [2.75, 3.05) is 19.3 Å². The molecule has 132 valence electrons. The Balaban J connectivity index is 1.50. The van der Waals surface area contributed by atoms with E-state index in [2.05, 4.69) is 29.6 Å². The van der Waals surface area contributed by atoms with E-state index in [1.54, 1.807) is 16.7 Å². The first kappa shape index (κ1) is 18.8. The zero-order chi connectivity index (χ0) is 17.4. The first-order valence-corrected chi connectivity index (χ1v) is 10.1. The summed E-state index contributed by atoms with van der Waals surface area (Å²) in [6.45, 7) is 2.82. The van der Waals surface area contributed by atoms with E-state index in [1.807, 2.05) is 19.2 Å². The number of aryl methyl sites for hydroxylation is 1. The number of carbonyl (C=O) groups is 2. The molecular formula is C19H28N2O2S. The maximum absolute atomic E-state index is 11.9. The zero-order valence-corrected chi connectivity index (χ0v) is 15.5. The zero-order valence-electron chi connectivity index (χ0n) is 14.7. The standard InChI is InChI=1S/C19H28N2O2S/c1-15-18(23)21(19(15)24-2)14-17(22)20-13-9-4-3-6-10-16-11-7-5-8-12-16/h5,7-8,11-12,15,19H,3-4,6,9-10,13-14H2,1-2H3,(H,20,22)/t15-,19-/m1/s1. The van der Waals surface area contributed by atoms with Crippen molar-refractivity contribution in [2.24, 2.45) is 5.92 Å². The van der Waals surface area contributed by atoms with E-state index in [0.717, 1.165) is 19.3 Å². The number of nitrogens with one attached hydrogen (secondary N) is 1. The van der Waals surface area contributed by atoms with E-state index in [1.165, 1.54) is 18.4 Å². The molecule has 2 atom stereocenters. The largest absolute Gasteiger partial charge is 0.355 e. The molecule has 1 aromatic rings. The molecule has 0 saturated carbocycles. The number of likely N-dealkylation sites (tertiary alicyclic amines) is 1. The van der Waals surface area contributed by atoms with Crippen LogP contribution in [-0.4, -0.2) is 41.4 Å². The molecule has 0 aliphatic carbocycles. The van der Waals surface area contributed by atoms with E-state index >= 15 is 0 Å². The van der Waals surface area contributed by atoms with Crippen molar-refractivity contribution in [2.45, 2.75) is 44.4 Å². The van der Waals surface area contributed by atoms with Crippen LogP contribution in [0.4, 0.5) is 0 Å². The minimum Gasteiger partial charge on any atom is -0.355 e. The smallest absolute Gasteiger partial charge is 0.239 e. The maximum Gasteiger partial charge on any atom is 0.239 e. The van der Waals surface area contributed by atoms with Gasteiger partial charge in [-0.1, -0.05) is 50.1 Å². The lowest BCUT2D eigenvalue weighted by molar-refractivity contribution is -0.152. The monoisotopic (exact) mass is 348 g/mol. The third-order valence-electron chi connectivity index (χ3n) is 4.52. The number of rotatable bonds is 10. The van der Waals surface area contributed by atoms with Gasteiger partial charge in [-0.15, -0.1) is 11.8 Å². The molecule has 2 amide bonds. The molecular weight excluding hydrogens is 320 g/mol. The summed E-state index contributed by atoms with van der Waals surface area (Å²) in [5.41, 5.74) is 1.39. The number of hydrogen-bond donors (Lipinski definition) is 1. The van der Waals surface area contributed by atoms with E-state index in [0.29, 0.717) is 6.54 Å². The van der Waals surface area contributed by atoms with Crippen molar-refractivity contribution < 1.29 is 9.59 Å². The van der Waals surface area contributed by atoms with Crippen LogP contribution in [0.15, 0.2) is 30.3 Å². The van der Waals surface area contributed by atoms with Gasteiger partial charge in [0.1, 0.15) is 6.54 Å². The van der Waals surface area contributed by atoms with Gasteiger partial charge in [-0.2, -0.15) is 0 Å². The first-order chi connectivity index (χ1) is 11.6. The molecule has 0 unspecified atom stereocenters. The third-order valence-corrected chi connectivity index (χ3v) is 5.67. The number of carbonyl (C=O) groups excluding carboxylic acids is 2. The van der Waals surface area contributed by atoms with Crippen LogP contribution < -0.4 is 5.32 Å². The molecule has 24 heavy (non-hydrogen) atoms. The quantitative estimate of drug-likeness (QED) is 0.522. The summed E-state index contributed by atoms with van der Waals surface area (Å²) < 4.78 is 0. The molecule has 0 bridgehead atoms. The van der Waals surface area contributed by atoms with Crippen LogP contribution in [0.2, 0.25) is 0 Å². The summed E-state index contributed by atoms with van der Waals surface area (Å²) in [4.78, 5) is 25.4. The predicted molar refractivity (Wildman–Crippen MR) is 99.8 cm³/mol. The number of hydrogen-bond acceptors (Lipinski definition) is 3. The third kappa shape index (κ3) is 5.26. The van der Waals surface area contributed by atoms with Crippen molar-refractivity contribution in [1.82, 2.24) is 10.2 Å². The van der Waals surface area contributed by atoms with Crippen molar-refractivity contribution in [3.05, 3.63) is 35.9 Å². The minimum atomic E-state index is -0.0430. The number of benzene rings is 1. The number of unbranched alkanes of at least 4 members (excludes halogenated alkanes) is 3. The second-order valence-electron chi connectivity index (χ2n) is 6.38. The molecule has 1 saturated heterocycles. The highest BCUT2D eigenvalue weighted by atomic mass is 32.2. The van der Waals surface area contributed by atoms with Gasteiger partial charge < -0.3 is 10.2 Å². The molecule has 1 aliphatic heterocycles. The van der Waals surface area contributed by atoms with Crippen LogP contribution in [-0.2, 0) is 16.0 Å². The highest BCUT2D eigenvalue weighted by Gasteiger charge is 2.44. The van der Waals surface area contributed by atoms with Gasteiger partial charge in [-0.25, -0.2) is 0 Å². The molecule has 1 fully saturated rings. The number of amides is 2. The van der Waals surface area contributed by atoms with Crippen LogP contribution in [0.3, 0.4) is 0 Å². The molecule has 0 spiro atoms. The lowest BCUT2D eigenvalue weighted by atomic mass is 10.0. The van der Waals surface area contributed by atoms with E-state index in [4.69, 9.17) is 0 Å². The van der Waals surface area contributed by atoms with Crippen LogP contribution in [0, 0.1) is 5.92 Å². The van der Waals surface area contributed by atoms with Gasteiger partial charge in [0.15, 0.2) is 0 Å². The summed E-state index contributed by atoms with van der Waals surface area (Å²) in [6, 6.07) is 10.5. The molecule has 1 heterocycles. The van der Waals surface area contributed by atoms with Crippen LogP contribution in [0.25, 0.3) is 0 Å². The van der Waals surface area contributed by atoms with Gasteiger partial charge in [0.2, 0.25) is 11.8 Å². The van der Waals surface area contributed by atoms with Gasteiger partial charge in [0.25, 0.3) is 0 Å². The Morgan fingerprint density at radius 2 is 1.88 bits per heavy atom. The lowest BCUT2D eigenvalue weighted by Gasteiger charge is -2.44. The summed E-state index contributed by atoms with van der Waals surface area (Å²) >= 11 is 1.63. The van der Waals surface area contributed by atoms with Crippen LogP contribution in [0.1, 0.15) is 38.2 Å². The lowest BCUT2D eigenvalue weighted by Crippen LogP contribution is -2.60. The topological polar surface area (TPSA) is 49.4 Å². The maximum atomic E-state index is 11.9. The van der Waals surface area contributed by atoms with Crippen molar-refractivity contribution in [1.29, 1.82) is 0 Å². The van der Waals surface area contributed by atoms with Gasteiger partial charge >= 0.3 is 0 Å². The fourth-order valence-electron chi connectivity index (χ4n) is 3.09. The second kappa shape index (κ2) is 9.72. The summed E-state index contributed by atoms with van der Waals surface area (Å²) in [6.07, 6.45) is 7.60. The minimum absolute atomic E-state index is 0.0393. The fourth-order valence-corrected chi connectivity index (χ4v) is 4.04. The Bertz CT molecular complexity index is 535. The molecule has 5 heteroatoms. The molecule has 1 N–H and O–H groups in total. The first-order valence-electron chi connectivity index (χ1n) is 8.77. The van der Waals surface area contributed by atoms with E-state index in [9.17, 15) is 9.59 Å². The Morgan fingerprint density at radius 1 is 1.17 bits per heavy atom. The summed E-state index contributed by atoms with van der Waals surface area (Å²) in [7, 11) is 0. The molecule has 1 aromatic carbocycles. The highest BCUT2D eigenvalue weighted by Crippen LogP contribution is 2.32.